The Morgan fingerprint density at radius 3 is 2.53 bits per heavy atom. The highest BCUT2D eigenvalue weighted by Gasteiger charge is 2.38. The summed E-state index contributed by atoms with van der Waals surface area (Å²) in [6.45, 7) is 6.20. The first-order chi connectivity index (χ1) is 16.7. The lowest BCUT2D eigenvalue weighted by Crippen LogP contribution is -2.41. The molecule has 1 aromatic heterocycles. The molecule has 0 aliphatic heterocycles. The van der Waals surface area contributed by atoms with Crippen LogP contribution in [0.2, 0.25) is 5.02 Å². The number of anilines is 2. The number of rotatable bonds is 6. The molecule has 0 fully saturated rings. The molecule has 3 aromatic rings. The van der Waals surface area contributed by atoms with Crippen molar-refractivity contribution < 1.29 is 26.7 Å². The molecule has 0 spiro atoms. The number of aromatic nitrogens is 1. The third-order valence-electron chi connectivity index (χ3n) is 4.69. The minimum atomic E-state index is -4.84. The Hall–Kier alpha value is -3.27. The van der Waals surface area contributed by atoms with Gasteiger partial charge in [0.05, 0.1) is 33.9 Å². The van der Waals surface area contributed by atoms with E-state index in [0.29, 0.717) is 0 Å². The van der Waals surface area contributed by atoms with Crippen molar-refractivity contribution in [3.63, 3.8) is 0 Å². The first-order valence-electron chi connectivity index (χ1n) is 10.4. The van der Waals surface area contributed by atoms with E-state index in [0.717, 1.165) is 29.5 Å². The minimum absolute atomic E-state index is 0.0279. The largest absolute Gasteiger partial charge is 0.443 e. The standard InChI is InChI=1S/C23H21ClF2N4O4S2/c1-13(15-7-14(10-27)5-6-17(15)25)29-19-9-18(26)20(8-16(19)24)36(32,33)30(21-11-35-12-28-21)22(31)34-23(2,3)4/h5-9,11-13,29H,1-4H3/t13-/m0/s1. The van der Waals surface area contributed by atoms with Gasteiger partial charge in [0.1, 0.15) is 22.1 Å². The van der Waals surface area contributed by atoms with Crippen LogP contribution in [0.25, 0.3) is 0 Å². The zero-order chi connectivity index (χ0) is 26.8. The van der Waals surface area contributed by atoms with E-state index in [9.17, 15) is 17.6 Å². The van der Waals surface area contributed by atoms with Crippen LogP contribution in [0.15, 0.2) is 46.1 Å². The molecule has 190 valence electrons. The Kier molecular flexibility index (Phi) is 7.88. The van der Waals surface area contributed by atoms with E-state index in [4.69, 9.17) is 21.6 Å². The average Bonchev–Trinajstić information content (AvgIpc) is 3.28. The Balaban J connectivity index is 2.00. The van der Waals surface area contributed by atoms with Crippen LogP contribution in [-0.2, 0) is 14.8 Å². The highest BCUT2D eigenvalue weighted by atomic mass is 35.5. The summed E-state index contributed by atoms with van der Waals surface area (Å²) in [5, 5.41) is 13.0. The number of carbonyl (C=O) groups excluding carboxylic acids is 1. The second-order valence-electron chi connectivity index (χ2n) is 8.57. The topological polar surface area (TPSA) is 112 Å². The van der Waals surface area contributed by atoms with Crippen LogP contribution >= 0.6 is 22.9 Å². The second kappa shape index (κ2) is 10.4. The van der Waals surface area contributed by atoms with Crippen molar-refractivity contribution in [2.75, 3.05) is 9.62 Å². The number of benzene rings is 2. The van der Waals surface area contributed by atoms with Gasteiger partial charge in [0, 0.05) is 10.9 Å². The van der Waals surface area contributed by atoms with E-state index in [1.807, 2.05) is 6.07 Å². The van der Waals surface area contributed by atoms with Gasteiger partial charge in [-0.3, -0.25) is 0 Å². The quantitative estimate of drug-likeness (QED) is 0.383. The number of carbonyl (C=O) groups is 1. The number of sulfonamides is 1. The zero-order valence-electron chi connectivity index (χ0n) is 19.5. The lowest BCUT2D eigenvalue weighted by atomic mass is 10.0. The molecule has 2 aromatic carbocycles. The summed E-state index contributed by atoms with van der Waals surface area (Å²) < 4.78 is 61.7. The van der Waals surface area contributed by atoms with Crippen LogP contribution in [0.4, 0.5) is 25.1 Å². The molecular weight excluding hydrogens is 534 g/mol. The van der Waals surface area contributed by atoms with Gasteiger partial charge in [0.25, 0.3) is 10.0 Å². The third kappa shape index (κ3) is 5.92. The van der Waals surface area contributed by atoms with Crippen molar-refractivity contribution in [3.05, 3.63) is 69.0 Å². The van der Waals surface area contributed by atoms with Crippen LogP contribution in [0, 0.1) is 23.0 Å². The second-order valence-corrected chi connectivity index (χ2v) is 11.5. The van der Waals surface area contributed by atoms with E-state index in [1.165, 1.54) is 23.0 Å². The lowest BCUT2D eigenvalue weighted by molar-refractivity contribution is 0.0608. The van der Waals surface area contributed by atoms with E-state index in [2.05, 4.69) is 10.3 Å². The lowest BCUT2D eigenvalue weighted by Gasteiger charge is -2.26. The first-order valence-corrected chi connectivity index (χ1v) is 13.1. The molecule has 8 nitrogen and oxygen atoms in total. The summed E-state index contributed by atoms with van der Waals surface area (Å²) in [5.41, 5.74) is 0.587. The highest BCUT2D eigenvalue weighted by Crippen LogP contribution is 2.34. The highest BCUT2D eigenvalue weighted by molar-refractivity contribution is 7.93. The fraction of sp³-hybridized carbons (Fsp3) is 0.261. The summed E-state index contributed by atoms with van der Waals surface area (Å²) in [6, 6.07) is 6.60. The number of hydrogen-bond donors (Lipinski definition) is 1. The van der Waals surface area contributed by atoms with Gasteiger partial charge < -0.3 is 10.1 Å². The van der Waals surface area contributed by atoms with E-state index >= 15 is 4.39 Å². The number of nitriles is 1. The van der Waals surface area contributed by atoms with Crippen molar-refractivity contribution in [1.82, 2.24) is 4.98 Å². The summed E-state index contributed by atoms with van der Waals surface area (Å²) >= 11 is 7.29. The van der Waals surface area contributed by atoms with Gasteiger partial charge in [-0.2, -0.15) is 5.26 Å². The van der Waals surface area contributed by atoms with Gasteiger partial charge in [-0.25, -0.2) is 27.0 Å². The molecule has 1 heterocycles. The maximum absolute atomic E-state index is 15.2. The normalized spacial score (nSPS) is 12.5. The molecule has 0 saturated heterocycles. The summed E-state index contributed by atoms with van der Waals surface area (Å²) in [5.74, 6) is -2.08. The molecule has 0 aliphatic rings. The van der Waals surface area contributed by atoms with Gasteiger partial charge in [0.2, 0.25) is 0 Å². The minimum Gasteiger partial charge on any atom is -0.443 e. The van der Waals surface area contributed by atoms with Crippen molar-refractivity contribution in [2.45, 2.75) is 44.2 Å². The van der Waals surface area contributed by atoms with Crippen molar-refractivity contribution in [2.24, 2.45) is 0 Å². The van der Waals surface area contributed by atoms with Crippen LogP contribution in [0.3, 0.4) is 0 Å². The molecule has 13 heteroatoms. The molecule has 1 atom stereocenters. The van der Waals surface area contributed by atoms with E-state index in [-0.39, 0.29) is 32.0 Å². The number of amides is 1. The molecule has 0 bridgehead atoms. The number of nitrogens with one attached hydrogen (secondary N) is 1. The van der Waals surface area contributed by atoms with Crippen molar-refractivity contribution in [3.8, 4) is 6.07 Å². The maximum Gasteiger partial charge on any atom is 0.430 e. The van der Waals surface area contributed by atoms with Crippen LogP contribution in [-0.4, -0.2) is 25.1 Å². The van der Waals surface area contributed by atoms with Crippen molar-refractivity contribution in [1.29, 1.82) is 5.26 Å². The summed E-state index contributed by atoms with van der Waals surface area (Å²) in [7, 11) is -4.84. The molecule has 0 radical (unpaired) electrons. The van der Waals surface area contributed by atoms with Gasteiger partial charge >= 0.3 is 6.09 Å². The van der Waals surface area contributed by atoms with Crippen LogP contribution in [0.5, 0.6) is 0 Å². The molecular formula is C23H21ClF2N4O4S2. The fourth-order valence-electron chi connectivity index (χ4n) is 3.12. The number of ether oxygens (including phenoxy) is 1. The molecule has 36 heavy (non-hydrogen) atoms. The molecule has 3 rings (SSSR count). The molecule has 0 unspecified atom stereocenters. The zero-order valence-corrected chi connectivity index (χ0v) is 21.9. The van der Waals surface area contributed by atoms with Gasteiger partial charge in [0.15, 0.2) is 5.82 Å². The molecule has 1 N–H and O–H groups in total. The first kappa shape index (κ1) is 27.3. The monoisotopic (exact) mass is 554 g/mol. The van der Waals surface area contributed by atoms with Gasteiger partial charge in [-0.05, 0) is 58.0 Å². The van der Waals surface area contributed by atoms with Crippen LogP contribution in [0.1, 0.15) is 44.9 Å². The third-order valence-corrected chi connectivity index (χ3v) is 7.26. The Morgan fingerprint density at radius 1 is 1.25 bits per heavy atom. The summed E-state index contributed by atoms with van der Waals surface area (Å²) in [4.78, 5) is 15.8. The van der Waals surface area contributed by atoms with Crippen LogP contribution < -0.4 is 9.62 Å². The van der Waals surface area contributed by atoms with Gasteiger partial charge in [-0.15, -0.1) is 15.6 Å². The van der Waals surface area contributed by atoms with E-state index in [1.54, 1.807) is 27.7 Å². The SMILES string of the molecule is C[C@H](Nc1cc(F)c(S(=O)(=O)N(C(=O)OC(C)(C)C)c2cscn2)cc1Cl)c1cc(C#N)ccc1F. The van der Waals surface area contributed by atoms with Gasteiger partial charge in [-0.1, -0.05) is 11.6 Å². The van der Waals surface area contributed by atoms with Crippen molar-refractivity contribution >= 4 is 50.6 Å². The predicted molar refractivity (Wildman–Crippen MR) is 133 cm³/mol. The molecule has 1 amide bonds. The Morgan fingerprint density at radius 2 is 1.94 bits per heavy atom. The molecule has 0 aliphatic carbocycles. The number of halogens is 3. The van der Waals surface area contributed by atoms with E-state index < -0.39 is 44.3 Å². The fourth-order valence-corrected chi connectivity index (χ4v) is 5.33. The molecule has 0 saturated carbocycles. The summed E-state index contributed by atoms with van der Waals surface area (Å²) in [6.07, 6.45) is -1.27. The average molecular weight is 555 g/mol. The number of nitrogens with zero attached hydrogens (tertiary/aromatic N) is 3. The maximum atomic E-state index is 15.2. The number of thiazole rings is 1. The predicted octanol–water partition coefficient (Wildman–Crippen LogP) is 6.25. The Bertz CT molecular complexity index is 1440. The number of hydrogen-bond acceptors (Lipinski definition) is 8. The smallest absolute Gasteiger partial charge is 0.430 e. The Labute approximate surface area is 216 Å².